The van der Waals surface area contributed by atoms with E-state index in [2.05, 4.69) is 0 Å². The molecule has 2 atom stereocenters. The summed E-state index contributed by atoms with van der Waals surface area (Å²) in [6, 6.07) is 1.01. The second kappa shape index (κ2) is 6.04. The molecule has 1 aliphatic carbocycles. The maximum absolute atomic E-state index is 12.5. The molecule has 9 heteroatoms. The number of ether oxygens (including phenoxy) is 2. The molecular formula is C17H16O9. The second-order valence-corrected chi connectivity index (χ2v) is 5.85. The first-order chi connectivity index (χ1) is 12.2. The summed E-state index contributed by atoms with van der Waals surface area (Å²) in [5.41, 5.74) is -3.33. The third-order valence-corrected chi connectivity index (χ3v) is 4.29. The minimum Gasteiger partial charge on any atom is -0.504 e. The van der Waals surface area contributed by atoms with E-state index in [-0.39, 0.29) is 23.5 Å². The van der Waals surface area contributed by atoms with Crippen molar-refractivity contribution in [2.45, 2.75) is 18.1 Å². The van der Waals surface area contributed by atoms with Gasteiger partial charge in [0.15, 0.2) is 23.0 Å². The molecule has 0 spiro atoms. The summed E-state index contributed by atoms with van der Waals surface area (Å²) in [7, 11) is 2.45. The van der Waals surface area contributed by atoms with Crippen LogP contribution in [-0.2, 0) is 15.1 Å². The van der Waals surface area contributed by atoms with Crippen molar-refractivity contribution in [3.05, 3.63) is 34.2 Å². The summed E-state index contributed by atoms with van der Waals surface area (Å²) < 4.78 is 15.2. The topological polar surface area (TPSA) is 147 Å². The molecule has 9 nitrogen and oxygen atoms in total. The maximum atomic E-state index is 12.5. The predicted molar refractivity (Wildman–Crippen MR) is 87.5 cm³/mol. The van der Waals surface area contributed by atoms with Crippen LogP contribution < -0.4 is 10.2 Å². The number of aliphatic hydroxyl groups is 1. The van der Waals surface area contributed by atoms with Crippen molar-refractivity contribution in [1.82, 2.24) is 0 Å². The fraction of sp³-hybridized carbons (Fsp3) is 0.294. The number of rotatable bonds is 3. The maximum Gasteiger partial charge on any atom is 0.238 e. The monoisotopic (exact) mass is 364 g/mol. The zero-order chi connectivity index (χ0) is 19.2. The molecule has 0 fully saturated rings. The highest BCUT2D eigenvalue weighted by Gasteiger charge is 2.42. The molecule has 3 rings (SSSR count). The van der Waals surface area contributed by atoms with Gasteiger partial charge in [-0.2, -0.15) is 0 Å². The number of phenols is 2. The lowest BCUT2D eigenvalue weighted by molar-refractivity contribution is -0.129. The van der Waals surface area contributed by atoms with E-state index in [0.29, 0.717) is 0 Å². The molecule has 0 saturated carbocycles. The zero-order valence-electron chi connectivity index (χ0n) is 13.8. The Morgan fingerprint density at radius 2 is 1.88 bits per heavy atom. The number of ketones is 1. The van der Waals surface area contributed by atoms with Gasteiger partial charge in [0.2, 0.25) is 16.9 Å². The normalized spacial score (nSPS) is 22.7. The average molecular weight is 364 g/mol. The van der Waals surface area contributed by atoms with Gasteiger partial charge in [-0.3, -0.25) is 9.59 Å². The molecule has 1 aromatic carbocycles. The lowest BCUT2D eigenvalue weighted by Gasteiger charge is -2.30. The Balaban J connectivity index is 2.29. The summed E-state index contributed by atoms with van der Waals surface area (Å²) in [5, 5.41) is 40.6. The highest BCUT2D eigenvalue weighted by Crippen LogP contribution is 2.44. The molecule has 2 aromatic rings. The molecular weight excluding hydrogens is 348 g/mol. The summed E-state index contributed by atoms with van der Waals surface area (Å²) in [5.74, 6) is -3.46. The van der Waals surface area contributed by atoms with E-state index in [1.807, 2.05) is 0 Å². The van der Waals surface area contributed by atoms with Crippen molar-refractivity contribution in [1.29, 1.82) is 0 Å². The van der Waals surface area contributed by atoms with E-state index in [1.54, 1.807) is 0 Å². The first kappa shape index (κ1) is 17.8. The number of methoxy groups -OCH3 is 2. The molecule has 2 unspecified atom stereocenters. The summed E-state index contributed by atoms with van der Waals surface area (Å²) >= 11 is 0. The molecule has 0 aliphatic heterocycles. The van der Waals surface area contributed by atoms with Gasteiger partial charge in [-0.05, 0) is 12.2 Å². The van der Waals surface area contributed by atoms with Crippen LogP contribution in [0.5, 0.6) is 23.0 Å². The van der Waals surface area contributed by atoms with Crippen LogP contribution in [0.25, 0.3) is 11.0 Å². The highest BCUT2D eigenvalue weighted by molar-refractivity contribution is 5.95. The Hall–Kier alpha value is -3.04. The van der Waals surface area contributed by atoms with Gasteiger partial charge in [-0.25, -0.2) is 0 Å². The fourth-order valence-corrected chi connectivity index (χ4v) is 2.93. The van der Waals surface area contributed by atoms with Crippen molar-refractivity contribution in [2.75, 3.05) is 14.2 Å². The van der Waals surface area contributed by atoms with Crippen molar-refractivity contribution in [2.24, 2.45) is 0 Å². The van der Waals surface area contributed by atoms with Crippen molar-refractivity contribution in [3.63, 3.8) is 0 Å². The van der Waals surface area contributed by atoms with Crippen LogP contribution in [0.3, 0.4) is 0 Å². The van der Waals surface area contributed by atoms with Crippen LogP contribution >= 0.6 is 0 Å². The van der Waals surface area contributed by atoms with Gasteiger partial charge >= 0.3 is 0 Å². The van der Waals surface area contributed by atoms with Crippen LogP contribution in [0.15, 0.2) is 27.4 Å². The SMILES string of the molecule is COc1c(O)cc2oc(C3(O)C=CC(=O)C(OC)C3)c(O)c(=O)c2c1O. The fourth-order valence-electron chi connectivity index (χ4n) is 2.93. The number of fused-ring (bicyclic) bond motifs is 1. The molecule has 1 aliphatic rings. The Labute approximate surface area is 146 Å². The highest BCUT2D eigenvalue weighted by atomic mass is 16.5. The van der Waals surface area contributed by atoms with E-state index in [4.69, 9.17) is 13.9 Å². The molecule has 138 valence electrons. The third kappa shape index (κ3) is 2.49. The van der Waals surface area contributed by atoms with E-state index < -0.39 is 45.5 Å². The molecule has 26 heavy (non-hydrogen) atoms. The first-order valence-corrected chi connectivity index (χ1v) is 7.51. The van der Waals surface area contributed by atoms with E-state index in [0.717, 1.165) is 18.2 Å². The zero-order valence-corrected chi connectivity index (χ0v) is 13.8. The lowest BCUT2D eigenvalue weighted by atomic mass is 9.85. The Bertz CT molecular complexity index is 988. The third-order valence-electron chi connectivity index (χ3n) is 4.29. The number of aromatic hydroxyl groups is 3. The minimum atomic E-state index is -2.00. The largest absolute Gasteiger partial charge is 0.504 e. The van der Waals surface area contributed by atoms with Gasteiger partial charge in [0.1, 0.15) is 22.7 Å². The van der Waals surface area contributed by atoms with E-state index in [9.17, 15) is 30.0 Å². The van der Waals surface area contributed by atoms with Crippen molar-refractivity contribution >= 4 is 16.8 Å². The average Bonchev–Trinajstić information content (AvgIpc) is 2.60. The van der Waals surface area contributed by atoms with Gasteiger partial charge in [0, 0.05) is 19.6 Å². The molecule has 1 aromatic heterocycles. The Kier molecular flexibility index (Phi) is 4.13. The van der Waals surface area contributed by atoms with E-state index in [1.165, 1.54) is 14.2 Å². The molecule has 1 heterocycles. The van der Waals surface area contributed by atoms with Crippen LogP contribution in [0.1, 0.15) is 12.2 Å². The van der Waals surface area contributed by atoms with Crippen LogP contribution in [0, 0.1) is 0 Å². The molecule has 0 radical (unpaired) electrons. The number of carbonyl (C=O) groups is 1. The van der Waals surface area contributed by atoms with E-state index >= 15 is 0 Å². The number of hydrogen-bond acceptors (Lipinski definition) is 9. The van der Waals surface area contributed by atoms with Gasteiger partial charge < -0.3 is 34.3 Å². The molecule has 4 N–H and O–H groups in total. The Morgan fingerprint density at radius 3 is 2.50 bits per heavy atom. The van der Waals surface area contributed by atoms with Crippen molar-refractivity contribution < 1.29 is 39.1 Å². The van der Waals surface area contributed by atoms with Crippen LogP contribution in [-0.4, -0.2) is 46.5 Å². The van der Waals surface area contributed by atoms with Crippen LogP contribution in [0.2, 0.25) is 0 Å². The van der Waals surface area contributed by atoms with Gasteiger partial charge in [-0.1, -0.05) is 0 Å². The van der Waals surface area contributed by atoms with Crippen LogP contribution in [0.4, 0.5) is 0 Å². The number of phenolic OH excluding ortho intramolecular Hbond substituents is 2. The number of benzene rings is 1. The Morgan fingerprint density at radius 1 is 1.19 bits per heavy atom. The smallest absolute Gasteiger partial charge is 0.238 e. The minimum absolute atomic E-state index is 0.286. The van der Waals surface area contributed by atoms with Gasteiger partial charge in [0.25, 0.3) is 0 Å². The lowest BCUT2D eigenvalue weighted by Crippen LogP contribution is -2.38. The van der Waals surface area contributed by atoms with Crippen molar-refractivity contribution in [3.8, 4) is 23.0 Å². The molecule has 0 bridgehead atoms. The first-order valence-electron chi connectivity index (χ1n) is 7.51. The van der Waals surface area contributed by atoms with Gasteiger partial charge in [0.05, 0.1) is 7.11 Å². The number of carbonyl (C=O) groups excluding carboxylic acids is 1. The summed E-state index contributed by atoms with van der Waals surface area (Å²) in [6.45, 7) is 0. The molecule has 0 saturated heterocycles. The standard InChI is InChI=1S/C17H16O9/c1-24-10-6-17(23,4-3-7(10)18)16-14(22)12(20)11-9(26-16)5-8(19)15(25-2)13(11)21/h3-5,10,19,21-23H,6H2,1-2H3. The second-order valence-electron chi connectivity index (χ2n) is 5.85. The number of hydrogen-bond donors (Lipinski definition) is 4. The summed E-state index contributed by atoms with van der Waals surface area (Å²) in [4.78, 5) is 24.2. The summed E-state index contributed by atoms with van der Waals surface area (Å²) in [6.07, 6.45) is 0.847. The van der Waals surface area contributed by atoms with Gasteiger partial charge in [-0.15, -0.1) is 0 Å². The predicted octanol–water partition coefficient (Wildman–Crippen LogP) is 0.650. The molecule has 0 amide bonds. The quantitative estimate of drug-likeness (QED) is 0.616.